The van der Waals surface area contributed by atoms with Gasteiger partial charge in [0.25, 0.3) is 0 Å². The number of urea groups is 1. The molecule has 1 aromatic carbocycles. The number of anilines is 1. The standard InChI is InChI=1S/C17H20N4O4/c1-18-15(23)9-13-16(24)19-6-7-21(13)17(25)20-11-3-4-12-10(8-11)2-5-14(12)22/h3-4,8,13H,2,5-7,9H2,1H3,(H,18,23)(H,19,24)(H,20,25)/t13-/m0/s1. The van der Waals surface area contributed by atoms with Gasteiger partial charge in [-0.2, -0.15) is 0 Å². The first-order valence-electron chi connectivity index (χ1n) is 8.21. The Morgan fingerprint density at radius 1 is 1.28 bits per heavy atom. The molecule has 1 aromatic rings. The molecule has 132 valence electrons. The summed E-state index contributed by atoms with van der Waals surface area (Å²) in [5.74, 6) is -0.535. The first-order chi connectivity index (χ1) is 12.0. The fraction of sp³-hybridized carbons (Fsp3) is 0.412. The van der Waals surface area contributed by atoms with E-state index in [-0.39, 0.29) is 24.0 Å². The molecule has 4 amide bonds. The maximum atomic E-state index is 12.6. The first-order valence-corrected chi connectivity index (χ1v) is 8.21. The third kappa shape index (κ3) is 3.47. The van der Waals surface area contributed by atoms with Crippen LogP contribution in [0.3, 0.4) is 0 Å². The second-order valence-corrected chi connectivity index (χ2v) is 6.10. The maximum Gasteiger partial charge on any atom is 0.322 e. The van der Waals surface area contributed by atoms with Crippen molar-refractivity contribution in [3.05, 3.63) is 29.3 Å². The van der Waals surface area contributed by atoms with Crippen LogP contribution in [0, 0.1) is 0 Å². The predicted octanol–water partition coefficient (Wildman–Crippen LogP) is 0.284. The van der Waals surface area contributed by atoms with E-state index in [1.807, 2.05) is 0 Å². The number of hydrogen-bond donors (Lipinski definition) is 3. The molecule has 1 aliphatic carbocycles. The van der Waals surface area contributed by atoms with Gasteiger partial charge in [-0.05, 0) is 30.2 Å². The molecular weight excluding hydrogens is 324 g/mol. The highest BCUT2D eigenvalue weighted by molar-refractivity contribution is 6.01. The van der Waals surface area contributed by atoms with Gasteiger partial charge in [0.05, 0.1) is 6.42 Å². The van der Waals surface area contributed by atoms with Crippen LogP contribution in [0.25, 0.3) is 0 Å². The van der Waals surface area contributed by atoms with Crippen molar-refractivity contribution in [1.82, 2.24) is 15.5 Å². The molecule has 3 N–H and O–H groups in total. The number of rotatable bonds is 3. The summed E-state index contributed by atoms with van der Waals surface area (Å²) in [6, 6.07) is 3.90. The third-order valence-electron chi connectivity index (χ3n) is 4.53. The molecule has 1 fully saturated rings. The SMILES string of the molecule is CNC(=O)C[C@H]1C(=O)NCCN1C(=O)Nc1ccc2c(c1)CCC2=O. The van der Waals surface area contributed by atoms with E-state index in [1.165, 1.54) is 11.9 Å². The number of Topliss-reactive ketones (excluding diaryl/α,β-unsaturated/α-hetero) is 1. The molecule has 0 spiro atoms. The van der Waals surface area contributed by atoms with Crippen molar-refractivity contribution in [1.29, 1.82) is 0 Å². The highest BCUT2D eigenvalue weighted by Gasteiger charge is 2.34. The van der Waals surface area contributed by atoms with E-state index in [1.54, 1.807) is 18.2 Å². The highest BCUT2D eigenvalue weighted by atomic mass is 16.2. The van der Waals surface area contributed by atoms with Crippen molar-refractivity contribution < 1.29 is 19.2 Å². The van der Waals surface area contributed by atoms with E-state index in [2.05, 4.69) is 16.0 Å². The topological polar surface area (TPSA) is 108 Å². The molecule has 8 nitrogen and oxygen atoms in total. The molecule has 1 saturated heterocycles. The molecule has 1 heterocycles. The van der Waals surface area contributed by atoms with E-state index >= 15 is 0 Å². The summed E-state index contributed by atoms with van der Waals surface area (Å²) in [4.78, 5) is 49.3. The summed E-state index contributed by atoms with van der Waals surface area (Å²) < 4.78 is 0. The number of fused-ring (bicyclic) bond motifs is 1. The quantitative estimate of drug-likeness (QED) is 0.732. The molecule has 25 heavy (non-hydrogen) atoms. The normalized spacial score (nSPS) is 19.2. The van der Waals surface area contributed by atoms with E-state index in [4.69, 9.17) is 0 Å². The van der Waals surface area contributed by atoms with Crippen LogP contribution in [0.2, 0.25) is 0 Å². The Bertz CT molecular complexity index is 746. The van der Waals surface area contributed by atoms with Crippen LogP contribution in [0.1, 0.15) is 28.8 Å². The molecule has 1 aliphatic heterocycles. The zero-order chi connectivity index (χ0) is 18.0. The van der Waals surface area contributed by atoms with Gasteiger partial charge in [-0.1, -0.05) is 0 Å². The minimum Gasteiger partial charge on any atom is -0.359 e. The van der Waals surface area contributed by atoms with Gasteiger partial charge in [-0.3, -0.25) is 14.4 Å². The van der Waals surface area contributed by atoms with Crippen LogP contribution in [-0.2, 0) is 16.0 Å². The number of carbonyl (C=O) groups is 4. The van der Waals surface area contributed by atoms with Crippen molar-refractivity contribution >= 4 is 29.3 Å². The molecule has 0 aromatic heterocycles. The smallest absolute Gasteiger partial charge is 0.322 e. The monoisotopic (exact) mass is 344 g/mol. The van der Waals surface area contributed by atoms with Gasteiger partial charge >= 0.3 is 6.03 Å². The lowest BCUT2D eigenvalue weighted by atomic mass is 10.1. The lowest BCUT2D eigenvalue weighted by molar-refractivity contribution is -0.132. The molecule has 8 heteroatoms. The number of amides is 4. The molecular formula is C17H20N4O4. The Hall–Kier alpha value is -2.90. The summed E-state index contributed by atoms with van der Waals surface area (Å²) in [6.07, 6.45) is 1.07. The Morgan fingerprint density at radius 2 is 2.08 bits per heavy atom. The fourth-order valence-electron chi connectivity index (χ4n) is 3.17. The van der Waals surface area contributed by atoms with Crippen LogP contribution in [0.4, 0.5) is 10.5 Å². The summed E-state index contributed by atoms with van der Waals surface area (Å²) in [6.45, 7) is 0.665. The molecule has 1 atom stereocenters. The molecule has 0 radical (unpaired) electrons. The minimum absolute atomic E-state index is 0.0888. The molecule has 2 aliphatic rings. The highest BCUT2D eigenvalue weighted by Crippen LogP contribution is 2.25. The number of ketones is 1. The van der Waals surface area contributed by atoms with E-state index in [0.717, 1.165) is 5.56 Å². The van der Waals surface area contributed by atoms with Gasteiger partial charge in [0.1, 0.15) is 6.04 Å². The Morgan fingerprint density at radius 3 is 2.84 bits per heavy atom. The average Bonchev–Trinajstić information content (AvgIpc) is 2.97. The number of nitrogens with zero attached hydrogens (tertiary/aromatic N) is 1. The summed E-state index contributed by atoms with van der Waals surface area (Å²) >= 11 is 0. The fourth-order valence-corrected chi connectivity index (χ4v) is 3.17. The predicted molar refractivity (Wildman–Crippen MR) is 90.3 cm³/mol. The number of carbonyl (C=O) groups excluding carboxylic acids is 4. The number of aryl methyl sites for hydroxylation is 1. The Kier molecular flexibility index (Phi) is 4.69. The Balaban J connectivity index is 1.73. The van der Waals surface area contributed by atoms with E-state index in [0.29, 0.717) is 37.2 Å². The number of hydrogen-bond acceptors (Lipinski definition) is 4. The van der Waals surface area contributed by atoms with E-state index in [9.17, 15) is 19.2 Å². The lowest BCUT2D eigenvalue weighted by Crippen LogP contribution is -2.59. The summed E-state index contributed by atoms with van der Waals surface area (Å²) in [5.41, 5.74) is 2.19. The van der Waals surface area contributed by atoms with Crippen LogP contribution >= 0.6 is 0 Å². The molecule has 0 bridgehead atoms. The van der Waals surface area contributed by atoms with Crippen LogP contribution in [-0.4, -0.2) is 54.7 Å². The van der Waals surface area contributed by atoms with Crippen molar-refractivity contribution in [2.75, 3.05) is 25.5 Å². The lowest BCUT2D eigenvalue weighted by Gasteiger charge is -2.34. The summed E-state index contributed by atoms with van der Waals surface area (Å²) in [5, 5.41) is 7.90. The van der Waals surface area contributed by atoms with Gasteiger partial charge in [-0.25, -0.2) is 4.79 Å². The summed E-state index contributed by atoms with van der Waals surface area (Å²) in [7, 11) is 1.49. The number of benzene rings is 1. The third-order valence-corrected chi connectivity index (χ3v) is 4.53. The van der Waals surface area contributed by atoms with Crippen LogP contribution in [0.5, 0.6) is 0 Å². The van der Waals surface area contributed by atoms with Gasteiger partial charge in [0.15, 0.2) is 5.78 Å². The van der Waals surface area contributed by atoms with Crippen molar-refractivity contribution in [3.8, 4) is 0 Å². The van der Waals surface area contributed by atoms with Gasteiger partial charge in [-0.15, -0.1) is 0 Å². The largest absolute Gasteiger partial charge is 0.359 e. The van der Waals surface area contributed by atoms with E-state index < -0.39 is 12.1 Å². The van der Waals surface area contributed by atoms with Crippen molar-refractivity contribution in [2.24, 2.45) is 0 Å². The van der Waals surface area contributed by atoms with Gasteiger partial charge in [0.2, 0.25) is 11.8 Å². The van der Waals surface area contributed by atoms with Gasteiger partial charge < -0.3 is 20.9 Å². The van der Waals surface area contributed by atoms with Gasteiger partial charge in [0, 0.05) is 37.8 Å². The minimum atomic E-state index is -0.843. The average molecular weight is 344 g/mol. The Labute approximate surface area is 144 Å². The van der Waals surface area contributed by atoms with Crippen LogP contribution < -0.4 is 16.0 Å². The molecule has 0 saturated carbocycles. The number of piperazine rings is 1. The second-order valence-electron chi connectivity index (χ2n) is 6.10. The van der Waals surface area contributed by atoms with Crippen LogP contribution in [0.15, 0.2) is 18.2 Å². The van der Waals surface area contributed by atoms with Crippen molar-refractivity contribution in [2.45, 2.75) is 25.3 Å². The van der Waals surface area contributed by atoms with Crippen molar-refractivity contribution in [3.63, 3.8) is 0 Å². The number of nitrogens with one attached hydrogen (secondary N) is 3. The second kappa shape index (κ2) is 6.92. The first kappa shape index (κ1) is 16.9. The zero-order valence-electron chi connectivity index (χ0n) is 13.9. The molecule has 3 rings (SSSR count). The molecule has 0 unspecified atom stereocenters. The zero-order valence-corrected chi connectivity index (χ0v) is 13.9. The maximum absolute atomic E-state index is 12.6.